The highest BCUT2D eigenvalue weighted by atomic mass is 32.1. The molecule has 2 atom stereocenters. The van der Waals surface area contributed by atoms with Gasteiger partial charge in [0.25, 0.3) is 5.91 Å². The molecule has 3 aliphatic rings. The van der Waals surface area contributed by atoms with Gasteiger partial charge in [-0.25, -0.2) is 9.69 Å². The van der Waals surface area contributed by atoms with Gasteiger partial charge in [-0.1, -0.05) is 13.0 Å². The summed E-state index contributed by atoms with van der Waals surface area (Å²) in [6.07, 6.45) is 4.57. The molecule has 7 heteroatoms. The molecule has 4 heterocycles. The largest absolute Gasteiger partial charge is 0.329 e. The molecule has 0 bridgehead atoms. The fourth-order valence-electron chi connectivity index (χ4n) is 5.05. The topological polar surface area (TPSA) is 53.9 Å². The molecular weight excluding hydrogens is 390 g/mol. The molecule has 1 aliphatic carbocycles. The van der Waals surface area contributed by atoms with Crippen LogP contribution in [0.3, 0.4) is 0 Å². The van der Waals surface area contributed by atoms with E-state index in [4.69, 9.17) is 0 Å². The molecule has 1 saturated heterocycles. The van der Waals surface area contributed by atoms with E-state index in [2.05, 4.69) is 41.2 Å². The Morgan fingerprint density at radius 2 is 2.04 bits per heavy atom. The molecular formula is C21H26N3O2S2+. The first-order chi connectivity index (χ1) is 13.6. The third-order valence-electron chi connectivity index (χ3n) is 6.73. The van der Waals surface area contributed by atoms with Gasteiger partial charge in [0.05, 0.1) is 11.4 Å². The number of hydrogen-bond donors (Lipinski definition) is 2. The molecule has 5 rings (SSSR count). The van der Waals surface area contributed by atoms with Crippen molar-refractivity contribution in [2.45, 2.75) is 50.6 Å². The maximum Gasteiger partial charge on any atom is 0.329 e. The molecule has 2 N–H and O–H groups in total. The summed E-state index contributed by atoms with van der Waals surface area (Å²) in [5.41, 5.74) is 0.715. The van der Waals surface area contributed by atoms with E-state index < -0.39 is 5.54 Å². The van der Waals surface area contributed by atoms with Crippen LogP contribution in [-0.2, 0) is 11.2 Å². The first-order valence-corrected chi connectivity index (χ1v) is 11.9. The van der Waals surface area contributed by atoms with E-state index in [9.17, 15) is 9.59 Å². The normalized spacial score (nSPS) is 32.6. The summed E-state index contributed by atoms with van der Waals surface area (Å²) >= 11 is 3.58. The number of nitrogens with one attached hydrogen (secondary N) is 2. The van der Waals surface area contributed by atoms with Gasteiger partial charge < -0.3 is 10.2 Å². The predicted octanol–water partition coefficient (Wildman–Crippen LogP) is 2.80. The standard InChI is InChI=1S/C21H25N3O2S2/c1-14-4-8-21(9-5-14)19(25)24(20(26)22-21)13-23-10-6-16-15(7-12-28-16)18(23)17-3-2-11-27-17/h2-3,7,11-12,14,18H,4-6,8-10,13H2,1H3,(H,22,26)/p+1/t14?,18-,21?/m1/s1. The molecule has 1 spiro atoms. The van der Waals surface area contributed by atoms with E-state index in [0.29, 0.717) is 12.6 Å². The van der Waals surface area contributed by atoms with Crippen LogP contribution in [0.4, 0.5) is 4.79 Å². The number of thiophene rings is 2. The Morgan fingerprint density at radius 1 is 1.21 bits per heavy atom. The average Bonchev–Trinajstić information content (AvgIpc) is 3.42. The van der Waals surface area contributed by atoms with Gasteiger partial charge in [-0.05, 0) is 54.5 Å². The lowest BCUT2D eigenvalue weighted by Crippen LogP contribution is -3.15. The number of hydrogen-bond acceptors (Lipinski definition) is 4. The molecule has 0 radical (unpaired) electrons. The van der Waals surface area contributed by atoms with Gasteiger partial charge >= 0.3 is 6.03 Å². The Labute approximate surface area is 173 Å². The van der Waals surface area contributed by atoms with E-state index in [1.54, 1.807) is 11.3 Å². The van der Waals surface area contributed by atoms with Gasteiger partial charge in [-0.3, -0.25) is 4.79 Å². The van der Waals surface area contributed by atoms with E-state index in [1.807, 2.05) is 11.3 Å². The fourth-order valence-corrected chi connectivity index (χ4v) is 6.87. The van der Waals surface area contributed by atoms with Crippen LogP contribution >= 0.6 is 22.7 Å². The van der Waals surface area contributed by atoms with Gasteiger partial charge in [0.15, 0.2) is 12.7 Å². The molecule has 2 fully saturated rings. The Bertz CT molecular complexity index is 883. The Hall–Kier alpha value is -1.70. The number of quaternary nitrogens is 1. The Balaban J connectivity index is 1.41. The number of carbonyl (C=O) groups is 2. The van der Waals surface area contributed by atoms with E-state index in [0.717, 1.165) is 38.6 Å². The van der Waals surface area contributed by atoms with Gasteiger partial charge in [-0.2, -0.15) is 0 Å². The minimum Gasteiger partial charge on any atom is -0.323 e. The monoisotopic (exact) mass is 416 g/mol. The predicted molar refractivity (Wildman–Crippen MR) is 111 cm³/mol. The van der Waals surface area contributed by atoms with Crippen molar-refractivity contribution >= 4 is 34.6 Å². The van der Waals surface area contributed by atoms with Crippen LogP contribution in [0.1, 0.15) is 54.0 Å². The van der Waals surface area contributed by atoms with Gasteiger partial charge in [0, 0.05) is 16.9 Å². The molecule has 28 heavy (non-hydrogen) atoms. The van der Waals surface area contributed by atoms with Crippen molar-refractivity contribution < 1.29 is 14.5 Å². The summed E-state index contributed by atoms with van der Waals surface area (Å²) in [6.45, 7) is 3.62. The molecule has 1 unspecified atom stereocenters. The molecule has 0 aromatic carbocycles. The number of rotatable bonds is 3. The van der Waals surface area contributed by atoms with Crippen molar-refractivity contribution in [1.29, 1.82) is 0 Å². The lowest BCUT2D eigenvalue weighted by atomic mass is 9.77. The second-order valence-corrected chi connectivity index (χ2v) is 10.5. The van der Waals surface area contributed by atoms with Crippen LogP contribution in [0.2, 0.25) is 0 Å². The molecule has 148 valence electrons. The molecule has 2 aromatic rings. The first-order valence-electron chi connectivity index (χ1n) is 10.2. The van der Waals surface area contributed by atoms with Crippen LogP contribution < -0.4 is 10.2 Å². The van der Waals surface area contributed by atoms with E-state index >= 15 is 0 Å². The SMILES string of the molecule is CC1CCC2(CC1)NC(=O)N(C[NH+]1CCc3sccc3[C@@H]1c1cccs1)C2=O. The van der Waals surface area contributed by atoms with Crippen LogP contribution in [0.15, 0.2) is 29.0 Å². The summed E-state index contributed by atoms with van der Waals surface area (Å²) in [5.74, 6) is 0.635. The van der Waals surface area contributed by atoms with Gasteiger partial charge in [-0.15, -0.1) is 22.7 Å². The highest BCUT2D eigenvalue weighted by Gasteiger charge is 2.53. The van der Waals surface area contributed by atoms with Crippen molar-refractivity contribution in [3.8, 4) is 0 Å². The lowest BCUT2D eigenvalue weighted by Gasteiger charge is -2.35. The Kier molecular flexibility index (Phi) is 4.56. The van der Waals surface area contributed by atoms with Crippen LogP contribution in [0, 0.1) is 5.92 Å². The summed E-state index contributed by atoms with van der Waals surface area (Å²) in [4.78, 5) is 31.6. The maximum atomic E-state index is 13.3. The maximum absolute atomic E-state index is 13.3. The molecule has 2 aromatic heterocycles. The molecule has 3 amide bonds. The van der Waals surface area contributed by atoms with Gasteiger partial charge in [0.2, 0.25) is 0 Å². The number of amides is 3. The molecule has 5 nitrogen and oxygen atoms in total. The average molecular weight is 417 g/mol. The van der Waals surface area contributed by atoms with Crippen LogP contribution in [0.25, 0.3) is 0 Å². The second kappa shape index (κ2) is 6.97. The van der Waals surface area contributed by atoms with Crippen LogP contribution in [0.5, 0.6) is 0 Å². The minimum atomic E-state index is -0.648. The quantitative estimate of drug-likeness (QED) is 0.756. The van der Waals surface area contributed by atoms with Crippen molar-refractivity contribution in [3.63, 3.8) is 0 Å². The third kappa shape index (κ3) is 2.91. The minimum absolute atomic E-state index is 0.00190. The number of urea groups is 1. The van der Waals surface area contributed by atoms with Crippen molar-refractivity contribution in [3.05, 3.63) is 44.3 Å². The zero-order chi connectivity index (χ0) is 19.3. The third-order valence-corrected chi connectivity index (χ3v) is 8.67. The fraction of sp³-hybridized carbons (Fsp3) is 0.524. The number of carbonyl (C=O) groups excluding carboxylic acids is 2. The smallest absolute Gasteiger partial charge is 0.323 e. The summed E-state index contributed by atoms with van der Waals surface area (Å²) in [6, 6.07) is 6.49. The van der Waals surface area contributed by atoms with Gasteiger partial charge in [0.1, 0.15) is 5.54 Å². The van der Waals surface area contributed by atoms with Crippen molar-refractivity contribution in [2.75, 3.05) is 13.2 Å². The highest BCUT2D eigenvalue weighted by molar-refractivity contribution is 7.10. The van der Waals surface area contributed by atoms with Crippen LogP contribution in [-0.4, -0.2) is 35.6 Å². The lowest BCUT2D eigenvalue weighted by molar-refractivity contribution is -0.934. The highest BCUT2D eigenvalue weighted by Crippen LogP contribution is 2.36. The summed E-state index contributed by atoms with van der Waals surface area (Å²) < 4.78 is 0. The van der Waals surface area contributed by atoms with E-state index in [-0.39, 0.29) is 18.0 Å². The zero-order valence-corrected chi connectivity index (χ0v) is 17.7. The van der Waals surface area contributed by atoms with Crippen molar-refractivity contribution in [2.24, 2.45) is 5.92 Å². The second-order valence-electron chi connectivity index (χ2n) is 8.49. The molecule has 2 aliphatic heterocycles. The zero-order valence-electron chi connectivity index (χ0n) is 16.1. The summed E-state index contributed by atoms with van der Waals surface area (Å²) in [5, 5.41) is 7.35. The first kappa shape index (κ1) is 18.3. The number of nitrogens with zero attached hydrogens (tertiary/aromatic N) is 1. The number of imide groups is 1. The van der Waals surface area contributed by atoms with Crippen molar-refractivity contribution in [1.82, 2.24) is 10.2 Å². The molecule has 1 saturated carbocycles. The summed E-state index contributed by atoms with van der Waals surface area (Å²) in [7, 11) is 0. The van der Waals surface area contributed by atoms with E-state index in [1.165, 1.54) is 25.1 Å². The number of fused-ring (bicyclic) bond motifs is 1. The Morgan fingerprint density at radius 3 is 2.79 bits per heavy atom.